The molecule has 1 aliphatic heterocycles. The fourth-order valence-electron chi connectivity index (χ4n) is 3.07. The highest BCUT2D eigenvalue weighted by Crippen LogP contribution is 2.34. The molecule has 28 heavy (non-hydrogen) atoms. The lowest BCUT2D eigenvalue weighted by Gasteiger charge is -2.18. The van der Waals surface area contributed by atoms with Gasteiger partial charge >= 0.3 is 5.69 Å². The fourth-order valence-corrected chi connectivity index (χ4v) is 3.07. The smallest absolute Gasteiger partial charge is 0.330 e. The second kappa shape index (κ2) is 11.4. The van der Waals surface area contributed by atoms with Crippen LogP contribution in [0.15, 0.2) is 64.3 Å². The van der Waals surface area contributed by atoms with E-state index in [1.54, 1.807) is 6.08 Å². The van der Waals surface area contributed by atoms with Crippen molar-refractivity contribution in [1.29, 1.82) is 0 Å². The number of benzene rings is 1. The molecular formula is C21H28N2O5. The zero-order chi connectivity index (χ0) is 20.4. The summed E-state index contributed by atoms with van der Waals surface area (Å²) in [5.74, 6) is -0.101. The van der Waals surface area contributed by atoms with E-state index in [4.69, 9.17) is 14.6 Å². The Morgan fingerprint density at radius 3 is 2.68 bits per heavy atom. The van der Waals surface area contributed by atoms with E-state index in [-0.39, 0.29) is 18.6 Å². The third-order valence-electron chi connectivity index (χ3n) is 4.26. The normalized spacial score (nSPS) is 21.5. The Balaban J connectivity index is 0.00000136. The summed E-state index contributed by atoms with van der Waals surface area (Å²) in [6.45, 7) is 4.80. The minimum absolute atomic E-state index is 0.0844. The Morgan fingerprint density at radius 1 is 1.25 bits per heavy atom. The average Bonchev–Trinajstić information content (AvgIpc) is 3.11. The van der Waals surface area contributed by atoms with Crippen LogP contribution in [0.25, 0.3) is 0 Å². The van der Waals surface area contributed by atoms with Gasteiger partial charge in [-0.15, -0.1) is 0 Å². The Kier molecular flexibility index (Phi) is 8.87. The molecule has 1 aliphatic rings. The summed E-state index contributed by atoms with van der Waals surface area (Å²) in [5.41, 5.74) is 0.112. The van der Waals surface area contributed by atoms with Crippen LogP contribution in [0.4, 0.5) is 0 Å². The van der Waals surface area contributed by atoms with Gasteiger partial charge in [-0.1, -0.05) is 56.3 Å². The molecule has 0 saturated carbocycles. The first kappa shape index (κ1) is 21.8. The van der Waals surface area contributed by atoms with Crippen LogP contribution in [0.1, 0.15) is 32.1 Å². The SMILES string of the molecule is CC.O=c1ccn(C2OC(COCc3ccccc3)CC2C=CCO)c(=O)[nH]1. The minimum atomic E-state index is -0.549. The van der Waals surface area contributed by atoms with Gasteiger partial charge in [-0.2, -0.15) is 0 Å². The number of hydrogen-bond donors (Lipinski definition) is 2. The Labute approximate surface area is 164 Å². The van der Waals surface area contributed by atoms with E-state index in [0.29, 0.717) is 19.6 Å². The van der Waals surface area contributed by atoms with Gasteiger partial charge in [0.1, 0.15) is 6.23 Å². The Hall–Kier alpha value is -2.48. The van der Waals surface area contributed by atoms with Gasteiger partial charge in [-0.25, -0.2) is 4.79 Å². The van der Waals surface area contributed by atoms with E-state index < -0.39 is 17.5 Å². The van der Waals surface area contributed by atoms with Crippen molar-refractivity contribution in [3.8, 4) is 0 Å². The molecule has 0 spiro atoms. The van der Waals surface area contributed by atoms with E-state index in [1.807, 2.05) is 50.3 Å². The monoisotopic (exact) mass is 388 g/mol. The number of aliphatic hydroxyl groups is 1. The molecule has 0 amide bonds. The molecule has 7 nitrogen and oxygen atoms in total. The minimum Gasteiger partial charge on any atom is -0.392 e. The van der Waals surface area contributed by atoms with Crippen LogP contribution in [-0.4, -0.2) is 34.0 Å². The summed E-state index contributed by atoms with van der Waals surface area (Å²) < 4.78 is 13.1. The maximum absolute atomic E-state index is 12.1. The van der Waals surface area contributed by atoms with Crippen LogP contribution in [0.5, 0.6) is 0 Å². The molecule has 1 fully saturated rings. The molecule has 0 bridgehead atoms. The number of rotatable bonds is 7. The van der Waals surface area contributed by atoms with E-state index in [1.165, 1.54) is 16.8 Å². The molecule has 0 aliphatic carbocycles. The lowest BCUT2D eigenvalue weighted by Crippen LogP contribution is -2.33. The fraction of sp³-hybridized carbons (Fsp3) is 0.429. The maximum Gasteiger partial charge on any atom is 0.330 e. The van der Waals surface area contributed by atoms with Gasteiger partial charge in [-0.3, -0.25) is 14.3 Å². The van der Waals surface area contributed by atoms with Crippen LogP contribution in [0, 0.1) is 5.92 Å². The summed E-state index contributed by atoms with van der Waals surface area (Å²) in [6.07, 6.45) is 4.81. The van der Waals surface area contributed by atoms with Crippen LogP contribution in [0.3, 0.4) is 0 Å². The number of hydrogen-bond acceptors (Lipinski definition) is 5. The van der Waals surface area contributed by atoms with Gasteiger partial charge in [0.2, 0.25) is 0 Å². The predicted octanol–water partition coefficient (Wildman–Crippen LogP) is 2.23. The molecule has 7 heteroatoms. The maximum atomic E-state index is 12.1. The number of aromatic amines is 1. The molecule has 2 N–H and O–H groups in total. The van der Waals surface area contributed by atoms with Crippen molar-refractivity contribution < 1.29 is 14.6 Å². The molecule has 0 radical (unpaired) electrons. The average molecular weight is 388 g/mol. The third-order valence-corrected chi connectivity index (χ3v) is 4.26. The van der Waals surface area contributed by atoms with Crippen LogP contribution < -0.4 is 11.2 Å². The molecular weight excluding hydrogens is 360 g/mol. The summed E-state index contributed by atoms with van der Waals surface area (Å²) in [4.78, 5) is 25.6. The number of H-pyrrole nitrogens is 1. The summed E-state index contributed by atoms with van der Waals surface area (Å²) in [5, 5.41) is 9.04. The van der Waals surface area contributed by atoms with Crippen LogP contribution >= 0.6 is 0 Å². The largest absolute Gasteiger partial charge is 0.392 e. The number of ether oxygens (including phenoxy) is 2. The van der Waals surface area contributed by atoms with Gasteiger partial charge in [-0.05, 0) is 12.0 Å². The molecule has 3 unspecified atom stereocenters. The van der Waals surface area contributed by atoms with Crippen molar-refractivity contribution in [1.82, 2.24) is 9.55 Å². The first-order chi connectivity index (χ1) is 13.7. The quantitative estimate of drug-likeness (QED) is 0.710. The van der Waals surface area contributed by atoms with Crippen LogP contribution in [0.2, 0.25) is 0 Å². The molecule has 3 atom stereocenters. The van der Waals surface area contributed by atoms with Crippen molar-refractivity contribution in [2.45, 2.75) is 39.2 Å². The first-order valence-corrected chi connectivity index (χ1v) is 9.53. The topological polar surface area (TPSA) is 93.5 Å². The molecule has 1 saturated heterocycles. The van der Waals surface area contributed by atoms with E-state index in [0.717, 1.165) is 5.56 Å². The van der Waals surface area contributed by atoms with Gasteiger partial charge < -0.3 is 14.6 Å². The lowest BCUT2D eigenvalue weighted by molar-refractivity contribution is -0.0508. The predicted molar refractivity (Wildman–Crippen MR) is 107 cm³/mol. The van der Waals surface area contributed by atoms with Crippen molar-refractivity contribution in [2.75, 3.05) is 13.2 Å². The van der Waals surface area contributed by atoms with Gasteiger partial charge in [0, 0.05) is 18.2 Å². The second-order valence-electron chi connectivity index (χ2n) is 6.18. The van der Waals surface area contributed by atoms with Crippen molar-refractivity contribution in [2.24, 2.45) is 5.92 Å². The molecule has 152 valence electrons. The van der Waals surface area contributed by atoms with Crippen molar-refractivity contribution in [3.05, 3.63) is 81.1 Å². The summed E-state index contributed by atoms with van der Waals surface area (Å²) in [7, 11) is 0. The summed E-state index contributed by atoms with van der Waals surface area (Å²) in [6, 6.07) is 11.1. The van der Waals surface area contributed by atoms with E-state index in [2.05, 4.69) is 4.98 Å². The third kappa shape index (κ3) is 6.02. The highest BCUT2D eigenvalue weighted by atomic mass is 16.6. The molecule has 3 rings (SSSR count). The Morgan fingerprint density at radius 2 is 2.00 bits per heavy atom. The lowest BCUT2D eigenvalue weighted by atomic mass is 10.0. The molecule has 1 aromatic carbocycles. The number of aliphatic hydroxyl groups excluding tert-OH is 1. The number of nitrogens with one attached hydrogen (secondary N) is 1. The highest BCUT2D eigenvalue weighted by Gasteiger charge is 2.35. The molecule has 1 aromatic heterocycles. The van der Waals surface area contributed by atoms with Gasteiger partial charge in [0.05, 0.1) is 25.9 Å². The van der Waals surface area contributed by atoms with Crippen LogP contribution in [-0.2, 0) is 16.1 Å². The Bertz CT molecular complexity index is 844. The van der Waals surface area contributed by atoms with E-state index in [9.17, 15) is 9.59 Å². The second-order valence-corrected chi connectivity index (χ2v) is 6.18. The van der Waals surface area contributed by atoms with Gasteiger partial charge in [0.25, 0.3) is 5.56 Å². The van der Waals surface area contributed by atoms with Crippen molar-refractivity contribution in [3.63, 3.8) is 0 Å². The molecule has 2 aromatic rings. The van der Waals surface area contributed by atoms with E-state index >= 15 is 0 Å². The van der Waals surface area contributed by atoms with Gasteiger partial charge in [0.15, 0.2) is 0 Å². The molecule has 2 heterocycles. The summed E-state index contributed by atoms with van der Waals surface area (Å²) >= 11 is 0. The zero-order valence-electron chi connectivity index (χ0n) is 16.3. The number of nitrogens with zero attached hydrogens (tertiary/aromatic N) is 1. The first-order valence-electron chi connectivity index (χ1n) is 9.53. The number of aromatic nitrogens is 2. The van der Waals surface area contributed by atoms with Crippen molar-refractivity contribution >= 4 is 0 Å². The standard InChI is InChI=1S/C19H22N2O5.C2H6/c22-10-4-7-15-11-16(13-25-12-14-5-2-1-3-6-14)26-18(15)21-9-8-17(23)20-19(21)24;1-2/h1-9,15-16,18,22H,10-13H2,(H,20,23,24);1-2H3. The zero-order valence-corrected chi connectivity index (χ0v) is 16.3. The highest BCUT2D eigenvalue weighted by molar-refractivity contribution is 5.13.